The zero-order chi connectivity index (χ0) is 15.0. The maximum atomic E-state index is 11.6. The Kier molecular flexibility index (Phi) is 6.96. The number of hydrogen-bond acceptors (Lipinski definition) is 6. The van der Waals surface area contributed by atoms with Crippen LogP contribution in [-0.2, 0) is 22.8 Å². The van der Waals surface area contributed by atoms with Gasteiger partial charge in [0.2, 0.25) is 0 Å². The maximum Gasteiger partial charge on any atom is 0.539 e. The van der Waals surface area contributed by atoms with Gasteiger partial charge in [0.1, 0.15) is 5.75 Å². The van der Waals surface area contributed by atoms with Crippen molar-refractivity contribution >= 4 is 26.4 Å². The summed E-state index contributed by atoms with van der Waals surface area (Å²) in [5.41, 5.74) is 0. The Morgan fingerprint density at radius 3 is 2.15 bits per heavy atom. The molecule has 112 valence electrons. The molecule has 0 spiro atoms. The van der Waals surface area contributed by atoms with E-state index in [1.807, 2.05) is 0 Å². The Balaban J connectivity index is 2.38. The van der Waals surface area contributed by atoms with Crippen LogP contribution < -0.4 is 4.74 Å². The van der Waals surface area contributed by atoms with Crippen LogP contribution in [-0.4, -0.2) is 48.9 Å². The molecule has 1 aromatic carbocycles. The highest BCUT2D eigenvalue weighted by molar-refractivity contribution is 6.60. The minimum atomic E-state index is -2.91. The van der Waals surface area contributed by atoms with Gasteiger partial charge in [-0.15, -0.1) is 0 Å². The molecule has 0 bridgehead atoms. The van der Waals surface area contributed by atoms with Crippen LogP contribution in [0.1, 0.15) is 0 Å². The molecule has 0 aromatic heterocycles. The van der Waals surface area contributed by atoms with Crippen LogP contribution >= 0.6 is 11.6 Å². The minimum Gasteiger partial charge on any atom is -0.482 e. The number of ether oxygens (including phenoxy) is 2. The molecule has 0 aliphatic heterocycles. The van der Waals surface area contributed by atoms with E-state index in [0.29, 0.717) is 10.8 Å². The van der Waals surface area contributed by atoms with Crippen LogP contribution in [0.4, 0.5) is 0 Å². The Labute approximate surface area is 123 Å². The van der Waals surface area contributed by atoms with Crippen LogP contribution in [0.5, 0.6) is 5.75 Å². The quantitative estimate of drug-likeness (QED) is 0.536. The largest absolute Gasteiger partial charge is 0.539 e. The number of hydrogen-bond donors (Lipinski definition) is 0. The van der Waals surface area contributed by atoms with Crippen LogP contribution in [0.2, 0.25) is 5.02 Å². The third-order valence-electron chi connectivity index (χ3n) is 2.51. The van der Waals surface area contributed by atoms with Gasteiger partial charge in [0.15, 0.2) is 12.8 Å². The summed E-state index contributed by atoms with van der Waals surface area (Å²) < 4.78 is 25.6. The van der Waals surface area contributed by atoms with Crippen LogP contribution in [0.3, 0.4) is 0 Å². The van der Waals surface area contributed by atoms with Gasteiger partial charge in [0.25, 0.3) is 0 Å². The first-order valence-corrected chi connectivity index (χ1v) is 8.05. The van der Waals surface area contributed by atoms with Crippen LogP contribution in [0.25, 0.3) is 0 Å². The lowest BCUT2D eigenvalue weighted by Crippen LogP contribution is -2.48. The third kappa shape index (κ3) is 5.10. The molecular formula is C12H17ClO6Si. The summed E-state index contributed by atoms with van der Waals surface area (Å²) >= 11 is 5.74. The zero-order valence-corrected chi connectivity index (χ0v) is 13.3. The highest BCUT2D eigenvalue weighted by atomic mass is 35.5. The molecule has 6 nitrogen and oxygen atoms in total. The molecule has 0 fully saturated rings. The Morgan fingerprint density at radius 2 is 1.65 bits per heavy atom. The van der Waals surface area contributed by atoms with Gasteiger partial charge in [0, 0.05) is 26.4 Å². The molecule has 1 rings (SSSR count). The van der Waals surface area contributed by atoms with E-state index in [9.17, 15) is 4.79 Å². The molecule has 0 radical (unpaired) electrons. The molecule has 0 atom stereocenters. The van der Waals surface area contributed by atoms with Crippen molar-refractivity contribution < 1.29 is 27.5 Å². The number of esters is 1. The topological polar surface area (TPSA) is 63.2 Å². The van der Waals surface area contributed by atoms with Crippen LogP contribution in [0, 0.1) is 0 Å². The molecule has 0 aliphatic carbocycles. The van der Waals surface area contributed by atoms with Crippen molar-refractivity contribution in [2.45, 2.75) is 0 Å². The molecule has 0 heterocycles. The molecule has 20 heavy (non-hydrogen) atoms. The minimum absolute atomic E-state index is 0.0701. The number of rotatable bonds is 8. The lowest BCUT2D eigenvalue weighted by molar-refractivity contribution is -0.145. The Bertz CT molecular complexity index is 412. The standard InChI is InChI=1S/C12H17ClO6Si/c1-15-20(16-2,17-3)9-19-12(14)8-18-11-6-4-10(13)5-7-11/h4-7H,8-9H2,1-3H3. The van der Waals surface area contributed by atoms with Crippen molar-refractivity contribution in [3.63, 3.8) is 0 Å². The molecule has 8 heteroatoms. The highest BCUT2D eigenvalue weighted by Gasteiger charge is 2.40. The van der Waals surface area contributed by atoms with Crippen LogP contribution in [0.15, 0.2) is 24.3 Å². The third-order valence-corrected chi connectivity index (χ3v) is 5.13. The van der Waals surface area contributed by atoms with E-state index >= 15 is 0 Å². The first-order valence-electron chi connectivity index (χ1n) is 5.74. The fourth-order valence-electron chi connectivity index (χ4n) is 1.31. The normalized spacial score (nSPS) is 11.2. The molecule has 0 aliphatic rings. The molecule has 0 saturated heterocycles. The fourth-order valence-corrected chi connectivity index (χ4v) is 2.63. The monoisotopic (exact) mass is 320 g/mol. The summed E-state index contributed by atoms with van der Waals surface area (Å²) in [5, 5.41) is 0.594. The summed E-state index contributed by atoms with van der Waals surface area (Å²) in [7, 11) is 1.41. The van der Waals surface area contributed by atoms with Gasteiger partial charge in [-0.1, -0.05) is 11.6 Å². The second-order valence-corrected chi connectivity index (χ2v) is 7.01. The average molecular weight is 321 g/mol. The van der Waals surface area contributed by atoms with Crippen molar-refractivity contribution in [2.24, 2.45) is 0 Å². The SMILES string of the molecule is CO[Si](COC(=O)COc1ccc(Cl)cc1)(OC)OC. The molecule has 0 amide bonds. The second-order valence-electron chi connectivity index (χ2n) is 3.70. The predicted octanol–water partition coefficient (Wildman–Crippen LogP) is 1.68. The molecular weight excluding hydrogens is 304 g/mol. The summed E-state index contributed by atoms with van der Waals surface area (Å²) in [6.45, 7) is -0.219. The number of carbonyl (C=O) groups is 1. The Hall–Kier alpha value is -1.12. The fraction of sp³-hybridized carbons (Fsp3) is 0.417. The lowest BCUT2D eigenvalue weighted by Gasteiger charge is -2.23. The summed E-state index contributed by atoms with van der Waals surface area (Å²) in [6, 6.07) is 6.66. The van der Waals surface area contributed by atoms with E-state index in [1.54, 1.807) is 24.3 Å². The number of halogens is 1. The lowest BCUT2D eigenvalue weighted by atomic mass is 10.3. The van der Waals surface area contributed by atoms with E-state index in [4.69, 9.17) is 34.4 Å². The first-order chi connectivity index (χ1) is 9.55. The highest BCUT2D eigenvalue weighted by Crippen LogP contribution is 2.15. The van der Waals surface area contributed by atoms with Gasteiger partial charge in [-0.05, 0) is 24.3 Å². The van der Waals surface area contributed by atoms with Gasteiger partial charge < -0.3 is 22.8 Å². The predicted molar refractivity (Wildman–Crippen MR) is 74.7 cm³/mol. The van der Waals surface area contributed by atoms with Gasteiger partial charge in [-0.2, -0.15) is 0 Å². The second kappa shape index (κ2) is 8.23. The smallest absolute Gasteiger partial charge is 0.482 e. The van der Waals surface area contributed by atoms with Gasteiger partial charge in [-0.25, -0.2) is 4.79 Å². The number of carbonyl (C=O) groups excluding carboxylic acids is 1. The summed E-state index contributed by atoms with van der Waals surface area (Å²) in [6.07, 6.45) is -0.0701. The Morgan fingerprint density at radius 1 is 1.10 bits per heavy atom. The van der Waals surface area contributed by atoms with Gasteiger partial charge in [-0.3, -0.25) is 0 Å². The van der Waals surface area contributed by atoms with E-state index in [2.05, 4.69) is 0 Å². The molecule has 0 saturated carbocycles. The summed E-state index contributed by atoms with van der Waals surface area (Å²) in [5.74, 6) is -0.0111. The molecule has 0 unspecified atom stereocenters. The average Bonchev–Trinajstić information content (AvgIpc) is 2.48. The molecule has 1 aromatic rings. The van der Waals surface area contributed by atoms with Crippen molar-refractivity contribution in [1.29, 1.82) is 0 Å². The van der Waals surface area contributed by atoms with Crippen molar-refractivity contribution in [3.05, 3.63) is 29.3 Å². The zero-order valence-electron chi connectivity index (χ0n) is 11.6. The summed E-state index contributed by atoms with van der Waals surface area (Å²) in [4.78, 5) is 11.6. The van der Waals surface area contributed by atoms with E-state index < -0.39 is 14.8 Å². The van der Waals surface area contributed by atoms with Gasteiger partial charge >= 0.3 is 14.8 Å². The molecule has 0 N–H and O–H groups in total. The van der Waals surface area contributed by atoms with Crippen molar-refractivity contribution in [1.82, 2.24) is 0 Å². The van der Waals surface area contributed by atoms with E-state index in [-0.39, 0.29) is 12.8 Å². The first kappa shape index (κ1) is 16.9. The van der Waals surface area contributed by atoms with E-state index in [1.165, 1.54) is 21.3 Å². The van der Waals surface area contributed by atoms with Crippen molar-refractivity contribution in [3.8, 4) is 5.75 Å². The maximum absolute atomic E-state index is 11.6. The van der Waals surface area contributed by atoms with E-state index in [0.717, 1.165) is 0 Å². The number of benzene rings is 1. The van der Waals surface area contributed by atoms with Gasteiger partial charge in [0.05, 0.1) is 0 Å². The van der Waals surface area contributed by atoms with Crippen molar-refractivity contribution in [2.75, 3.05) is 34.2 Å².